The third-order valence-corrected chi connectivity index (χ3v) is 3.64. The lowest BCUT2D eigenvalue weighted by Crippen LogP contribution is -2.40. The number of nitrogens with one attached hydrogen (secondary N) is 1. The van der Waals surface area contributed by atoms with E-state index >= 15 is 0 Å². The second kappa shape index (κ2) is 5.20. The van der Waals surface area contributed by atoms with Crippen LogP contribution in [0.1, 0.15) is 26.2 Å². The number of amides is 1. The Morgan fingerprint density at radius 1 is 1.52 bits per heavy atom. The first-order valence-corrected chi connectivity index (χ1v) is 6.75. The molecule has 1 amide bonds. The van der Waals surface area contributed by atoms with Gasteiger partial charge in [-0.05, 0) is 38.3 Å². The van der Waals surface area contributed by atoms with Gasteiger partial charge in [0.1, 0.15) is 11.4 Å². The zero-order valence-electron chi connectivity index (χ0n) is 11.6. The van der Waals surface area contributed by atoms with E-state index in [1.807, 2.05) is 6.92 Å². The van der Waals surface area contributed by atoms with E-state index in [1.54, 1.807) is 12.1 Å². The third-order valence-electron chi connectivity index (χ3n) is 3.64. The summed E-state index contributed by atoms with van der Waals surface area (Å²) in [5.74, 6) is -0.201. The average Bonchev–Trinajstić information content (AvgIpc) is 2.93. The molecule has 5 nitrogen and oxygen atoms in total. The van der Waals surface area contributed by atoms with E-state index in [2.05, 4.69) is 10.3 Å². The summed E-state index contributed by atoms with van der Waals surface area (Å²) in [5.41, 5.74) is 0.366. The third kappa shape index (κ3) is 2.89. The molecule has 6 heteroatoms. The number of ether oxygens (including phenoxy) is 1. The maximum atomic E-state index is 13.3. The monoisotopic (exact) mass is 290 g/mol. The van der Waals surface area contributed by atoms with Gasteiger partial charge in [0.2, 0.25) is 5.95 Å². The first-order valence-electron chi connectivity index (χ1n) is 6.75. The van der Waals surface area contributed by atoms with Crippen LogP contribution in [0.5, 0.6) is 0 Å². The first kappa shape index (κ1) is 13.6. The summed E-state index contributed by atoms with van der Waals surface area (Å²) in [7, 11) is 0. The van der Waals surface area contributed by atoms with Crippen LogP contribution in [0.25, 0.3) is 11.3 Å². The fourth-order valence-electron chi connectivity index (χ4n) is 2.30. The molecule has 21 heavy (non-hydrogen) atoms. The van der Waals surface area contributed by atoms with Gasteiger partial charge in [0.25, 0.3) is 0 Å². The number of halogens is 1. The van der Waals surface area contributed by atoms with Crippen LogP contribution in [-0.2, 0) is 4.74 Å². The van der Waals surface area contributed by atoms with E-state index in [0.717, 1.165) is 19.3 Å². The second-order valence-electron chi connectivity index (χ2n) is 5.35. The van der Waals surface area contributed by atoms with Crippen LogP contribution in [0.3, 0.4) is 0 Å². The number of rotatable bonds is 3. The van der Waals surface area contributed by atoms with Gasteiger partial charge in [-0.3, -0.25) is 5.32 Å². The van der Waals surface area contributed by atoms with Crippen molar-refractivity contribution in [3.63, 3.8) is 0 Å². The minimum Gasteiger partial charge on any atom is -0.464 e. The lowest BCUT2D eigenvalue weighted by atomic mass is 9.82. The minimum atomic E-state index is -0.647. The van der Waals surface area contributed by atoms with E-state index < -0.39 is 17.6 Å². The molecule has 0 aromatic carbocycles. The van der Waals surface area contributed by atoms with Crippen LogP contribution in [0.2, 0.25) is 0 Å². The maximum absolute atomic E-state index is 13.3. The number of carbonyl (C=O) groups is 1. The van der Waals surface area contributed by atoms with Crippen LogP contribution in [0.15, 0.2) is 35.1 Å². The van der Waals surface area contributed by atoms with Gasteiger partial charge in [-0.2, -0.15) is 4.39 Å². The molecule has 110 valence electrons. The fourth-order valence-corrected chi connectivity index (χ4v) is 2.30. The molecule has 1 saturated carbocycles. The van der Waals surface area contributed by atoms with Crippen molar-refractivity contribution in [2.24, 2.45) is 0 Å². The van der Waals surface area contributed by atoms with E-state index in [9.17, 15) is 9.18 Å². The number of aromatic nitrogens is 1. The lowest BCUT2D eigenvalue weighted by Gasteiger charge is -2.37. The van der Waals surface area contributed by atoms with Crippen molar-refractivity contribution in [1.82, 2.24) is 4.98 Å². The highest BCUT2D eigenvalue weighted by Crippen LogP contribution is 2.35. The summed E-state index contributed by atoms with van der Waals surface area (Å²) in [6, 6.07) is 4.57. The van der Waals surface area contributed by atoms with Gasteiger partial charge in [0.05, 0.1) is 18.1 Å². The Morgan fingerprint density at radius 2 is 2.33 bits per heavy atom. The summed E-state index contributed by atoms with van der Waals surface area (Å²) in [6.45, 7) is 1.90. The lowest BCUT2D eigenvalue weighted by molar-refractivity contribution is -0.0256. The summed E-state index contributed by atoms with van der Waals surface area (Å²) in [4.78, 5) is 15.5. The Balaban J connectivity index is 1.80. The second-order valence-corrected chi connectivity index (χ2v) is 5.35. The number of hydrogen-bond donors (Lipinski definition) is 1. The molecule has 0 atom stereocenters. The van der Waals surface area contributed by atoms with Gasteiger partial charge < -0.3 is 9.15 Å². The van der Waals surface area contributed by atoms with Gasteiger partial charge in [-0.25, -0.2) is 9.78 Å². The first-order chi connectivity index (χ1) is 10.1. The SMILES string of the molecule is CC1(OC(=O)Nc2cnc(F)cc2-c2ccco2)CCC1. The molecule has 1 aliphatic carbocycles. The topological polar surface area (TPSA) is 64.4 Å². The molecule has 0 aliphatic heterocycles. The van der Waals surface area contributed by atoms with Crippen LogP contribution in [-0.4, -0.2) is 16.7 Å². The maximum Gasteiger partial charge on any atom is 0.412 e. The summed E-state index contributed by atoms with van der Waals surface area (Å²) in [5, 5.41) is 2.60. The van der Waals surface area contributed by atoms with Crippen LogP contribution >= 0.6 is 0 Å². The number of hydrogen-bond acceptors (Lipinski definition) is 4. The predicted molar refractivity (Wildman–Crippen MR) is 74.3 cm³/mol. The molecule has 1 aliphatic rings. The Kier molecular flexibility index (Phi) is 3.37. The molecule has 0 bridgehead atoms. The molecule has 1 N–H and O–H groups in total. The van der Waals surface area contributed by atoms with Crippen LogP contribution < -0.4 is 5.32 Å². The standard InChI is InChI=1S/C15H15FN2O3/c1-15(5-3-6-15)21-14(19)18-11-9-17-13(16)8-10(11)12-4-2-7-20-12/h2,4,7-9H,3,5-6H2,1H3,(H,18,19). The molecule has 0 radical (unpaired) electrons. The Hall–Kier alpha value is -2.37. The highest BCUT2D eigenvalue weighted by atomic mass is 19.1. The van der Waals surface area contributed by atoms with E-state index in [0.29, 0.717) is 17.0 Å². The van der Waals surface area contributed by atoms with Crippen molar-refractivity contribution >= 4 is 11.8 Å². The normalized spacial score (nSPS) is 16.1. The van der Waals surface area contributed by atoms with E-state index in [4.69, 9.17) is 9.15 Å². The summed E-state index contributed by atoms with van der Waals surface area (Å²) >= 11 is 0. The number of nitrogens with zero attached hydrogens (tertiary/aromatic N) is 1. The number of pyridine rings is 1. The Morgan fingerprint density at radius 3 is 2.95 bits per heavy atom. The zero-order chi connectivity index (χ0) is 14.9. The van der Waals surface area contributed by atoms with Crippen molar-refractivity contribution in [2.75, 3.05) is 5.32 Å². The molecule has 2 heterocycles. The van der Waals surface area contributed by atoms with Crippen molar-refractivity contribution in [1.29, 1.82) is 0 Å². The van der Waals surface area contributed by atoms with Gasteiger partial charge in [0.15, 0.2) is 0 Å². The van der Waals surface area contributed by atoms with Gasteiger partial charge in [0, 0.05) is 11.6 Å². The molecule has 3 rings (SSSR count). The largest absolute Gasteiger partial charge is 0.464 e. The molecule has 1 fully saturated rings. The molecular formula is C15H15FN2O3. The smallest absolute Gasteiger partial charge is 0.412 e. The van der Waals surface area contributed by atoms with Crippen molar-refractivity contribution < 1.29 is 18.3 Å². The van der Waals surface area contributed by atoms with Crippen LogP contribution in [0.4, 0.5) is 14.9 Å². The van der Waals surface area contributed by atoms with Crippen molar-refractivity contribution in [3.8, 4) is 11.3 Å². The number of carbonyl (C=O) groups excluding carboxylic acids is 1. The molecule has 0 unspecified atom stereocenters. The predicted octanol–water partition coefficient (Wildman–Crippen LogP) is 3.97. The summed E-state index contributed by atoms with van der Waals surface area (Å²) < 4.78 is 23.9. The quantitative estimate of drug-likeness (QED) is 0.869. The molecule has 2 aromatic rings. The average molecular weight is 290 g/mol. The van der Waals surface area contributed by atoms with Crippen molar-refractivity contribution in [3.05, 3.63) is 36.6 Å². The van der Waals surface area contributed by atoms with Crippen LogP contribution in [0, 0.1) is 5.95 Å². The molecular weight excluding hydrogens is 275 g/mol. The summed E-state index contributed by atoms with van der Waals surface area (Å²) in [6.07, 6.45) is 4.92. The van der Waals surface area contributed by atoms with E-state index in [1.165, 1.54) is 18.5 Å². The highest BCUT2D eigenvalue weighted by Gasteiger charge is 2.36. The fraction of sp³-hybridized carbons (Fsp3) is 0.333. The Labute approximate surface area is 121 Å². The van der Waals surface area contributed by atoms with Crippen molar-refractivity contribution in [2.45, 2.75) is 31.8 Å². The van der Waals surface area contributed by atoms with E-state index in [-0.39, 0.29) is 0 Å². The Bertz CT molecular complexity index is 651. The minimum absolute atomic E-state index is 0.347. The number of furan rings is 1. The van der Waals surface area contributed by atoms with Gasteiger partial charge in [-0.1, -0.05) is 0 Å². The number of anilines is 1. The zero-order valence-corrected chi connectivity index (χ0v) is 11.6. The van der Waals surface area contributed by atoms with Gasteiger partial charge >= 0.3 is 6.09 Å². The molecule has 0 saturated heterocycles. The van der Waals surface area contributed by atoms with Gasteiger partial charge in [-0.15, -0.1) is 0 Å². The molecule has 0 spiro atoms. The highest BCUT2D eigenvalue weighted by molar-refractivity contribution is 5.90. The molecule has 2 aromatic heterocycles.